The first-order chi connectivity index (χ1) is 8.42. The summed E-state index contributed by atoms with van der Waals surface area (Å²) < 4.78 is 0. The number of para-hydroxylation sites is 1. The molecule has 0 saturated carbocycles. The van der Waals surface area contributed by atoms with Crippen molar-refractivity contribution in [3.8, 4) is 0 Å². The fourth-order valence-corrected chi connectivity index (χ4v) is 2.07. The van der Waals surface area contributed by atoms with E-state index >= 15 is 0 Å². The Labute approximate surface area is 111 Å². The van der Waals surface area contributed by atoms with Gasteiger partial charge in [0, 0.05) is 25.8 Å². The van der Waals surface area contributed by atoms with Gasteiger partial charge in [-0.25, -0.2) is 0 Å². The van der Waals surface area contributed by atoms with E-state index in [0.29, 0.717) is 6.54 Å². The van der Waals surface area contributed by atoms with Crippen LogP contribution in [0.15, 0.2) is 24.3 Å². The average Bonchev–Trinajstić information content (AvgIpc) is 2.27. The third-order valence-electron chi connectivity index (χ3n) is 2.83. The van der Waals surface area contributed by atoms with Crippen LogP contribution in [0.1, 0.15) is 32.8 Å². The predicted octanol–water partition coefficient (Wildman–Crippen LogP) is 2.62. The number of aliphatic hydroxyl groups excluding tert-OH is 1. The molecule has 3 N–H and O–H groups in total. The number of hydrogen-bond donors (Lipinski definition) is 3. The molecule has 1 atom stereocenters. The van der Waals surface area contributed by atoms with Gasteiger partial charge in [-0.05, 0) is 23.5 Å². The maximum absolute atomic E-state index is 9.91. The summed E-state index contributed by atoms with van der Waals surface area (Å²) in [4.78, 5) is 0. The largest absolute Gasteiger partial charge is 0.392 e. The Balaban J connectivity index is 2.37. The molecule has 18 heavy (non-hydrogen) atoms. The van der Waals surface area contributed by atoms with Crippen molar-refractivity contribution in [3.05, 3.63) is 29.8 Å². The first kappa shape index (κ1) is 15.0. The van der Waals surface area contributed by atoms with Gasteiger partial charge in [0.15, 0.2) is 0 Å². The van der Waals surface area contributed by atoms with Crippen molar-refractivity contribution in [2.75, 3.05) is 18.9 Å². The summed E-state index contributed by atoms with van der Waals surface area (Å²) in [5, 5.41) is 16.4. The second-order valence-corrected chi connectivity index (χ2v) is 5.96. The van der Waals surface area contributed by atoms with Gasteiger partial charge in [0.2, 0.25) is 0 Å². The van der Waals surface area contributed by atoms with Gasteiger partial charge >= 0.3 is 0 Å². The molecule has 0 aromatic heterocycles. The van der Waals surface area contributed by atoms with E-state index in [1.807, 2.05) is 19.2 Å². The predicted molar refractivity (Wildman–Crippen MR) is 77.8 cm³/mol. The molecule has 1 unspecified atom stereocenters. The van der Waals surface area contributed by atoms with Crippen LogP contribution in [0.2, 0.25) is 0 Å². The standard InChI is InChI=1S/C15H26N2O/c1-15(2,3)9-13(18)11-17-10-12-7-5-6-8-14(12)16-4/h5-8,13,16-18H,9-11H2,1-4H3. The van der Waals surface area contributed by atoms with Gasteiger partial charge in [0.25, 0.3) is 0 Å². The van der Waals surface area contributed by atoms with Crippen molar-refractivity contribution >= 4 is 5.69 Å². The van der Waals surface area contributed by atoms with Gasteiger partial charge in [-0.3, -0.25) is 0 Å². The molecule has 0 bridgehead atoms. The summed E-state index contributed by atoms with van der Waals surface area (Å²) in [5.41, 5.74) is 2.53. The number of nitrogens with one attached hydrogen (secondary N) is 2. The zero-order valence-electron chi connectivity index (χ0n) is 12.0. The van der Waals surface area contributed by atoms with Gasteiger partial charge in [-0.15, -0.1) is 0 Å². The van der Waals surface area contributed by atoms with Crippen LogP contribution in [0, 0.1) is 5.41 Å². The highest BCUT2D eigenvalue weighted by Gasteiger charge is 2.16. The molecule has 0 heterocycles. The van der Waals surface area contributed by atoms with E-state index in [4.69, 9.17) is 0 Å². The molecule has 0 radical (unpaired) electrons. The van der Waals surface area contributed by atoms with E-state index < -0.39 is 0 Å². The van der Waals surface area contributed by atoms with Crippen molar-refractivity contribution in [1.82, 2.24) is 5.32 Å². The highest BCUT2D eigenvalue weighted by molar-refractivity contribution is 5.50. The smallest absolute Gasteiger partial charge is 0.0669 e. The molecule has 0 fully saturated rings. The van der Waals surface area contributed by atoms with Crippen LogP contribution in [0.25, 0.3) is 0 Å². The monoisotopic (exact) mass is 250 g/mol. The number of rotatable bonds is 6. The highest BCUT2D eigenvalue weighted by atomic mass is 16.3. The van der Waals surface area contributed by atoms with E-state index in [1.165, 1.54) is 5.56 Å². The van der Waals surface area contributed by atoms with Gasteiger partial charge in [0.05, 0.1) is 6.10 Å². The summed E-state index contributed by atoms with van der Waals surface area (Å²) >= 11 is 0. The van der Waals surface area contributed by atoms with Crippen molar-refractivity contribution in [2.45, 2.75) is 39.8 Å². The number of anilines is 1. The molecular weight excluding hydrogens is 224 g/mol. The second kappa shape index (κ2) is 6.76. The number of hydrogen-bond acceptors (Lipinski definition) is 3. The topological polar surface area (TPSA) is 44.3 Å². The summed E-state index contributed by atoms with van der Waals surface area (Å²) in [6.45, 7) is 7.85. The first-order valence-corrected chi connectivity index (χ1v) is 6.57. The van der Waals surface area contributed by atoms with Gasteiger partial charge in [-0.2, -0.15) is 0 Å². The molecule has 0 aliphatic heterocycles. The van der Waals surface area contributed by atoms with Crippen LogP contribution in [0.5, 0.6) is 0 Å². The zero-order chi connectivity index (χ0) is 13.6. The molecule has 1 aromatic carbocycles. The number of benzene rings is 1. The van der Waals surface area contributed by atoms with Crippen LogP contribution in [0.3, 0.4) is 0 Å². The van der Waals surface area contributed by atoms with E-state index in [-0.39, 0.29) is 11.5 Å². The van der Waals surface area contributed by atoms with Crippen LogP contribution in [-0.4, -0.2) is 24.8 Å². The minimum Gasteiger partial charge on any atom is -0.392 e. The minimum atomic E-state index is -0.285. The Kier molecular flexibility index (Phi) is 5.63. The molecular formula is C15H26N2O. The Hall–Kier alpha value is -1.06. The van der Waals surface area contributed by atoms with E-state index in [2.05, 4.69) is 43.5 Å². The molecule has 3 nitrogen and oxygen atoms in total. The van der Waals surface area contributed by atoms with Crippen LogP contribution in [-0.2, 0) is 6.54 Å². The van der Waals surface area contributed by atoms with Gasteiger partial charge in [0.1, 0.15) is 0 Å². The maximum atomic E-state index is 9.91. The van der Waals surface area contributed by atoms with Crippen molar-refractivity contribution in [1.29, 1.82) is 0 Å². The Bertz CT molecular complexity index is 358. The molecule has 0 aliphatic carbocycles. The van der Waals surface area contributed by atoms with E-state index in [1.54, 1.807) is 0 Å². The lowest BCUT2D eigenvalue weighted by Crippen LogP contribution is -2.30. The molecule has 0 aliphatic rings. The fraction of sp³-hybridized carbons (Fsp3) is 0.600. The molecule has 3 heteroatoms. The summed E-state index contributed by atoms with van der Waals surface area (Å²) in [6, 6.07) is 8.20. The lowest BCUT2D eigenvalue weighted by Gasteiger charge is -2.22. The van der Waals surface area contributed by atoms with E-state index in [9.17, 15) is 5.11 Å². The quantitative estimate of drug-likeness (QED) is 0.727. The molecule has 0 amide bonds. The molecule has 1 rings (SSSR count). The third-order valence-corrected chi connectivity index (χ3v) is 2.83. The normalized spacial score (nSPS) is 13.4. The second-order valence-electron chi connectivity index (χ2n) is 5.96. The Morgan fingerprint density at radius 2 is 1.89 bits per heavy atom. The average molecular weight is 250 g/mol. The summed E-state index contributed by atoms with van der Waals surface area (Å²) in [6.07, 6.45) is 0.528. The fourth-order valence-electron chi connectivity index (χ4n) is 2.07. The Morgan fingerprint density at radius 1 is 1.22 bits per heavy atom. The van der Waals surface area contributed by atoms with Crippen LogP contribution < -0.4 is 10.6 Å². The molecule has 102 valence electrons. The summed E-state index contributed by atoms with van der Waals surface area (Å²) in [7, 11) is 1.92. The van der Waals surface area contributed by atoms with Gasteiger partial charge in [-0.1, -0.05) is 39.0 Å². The molecule has 0 saturated heterocycles. The summed E-state index contributed by atoms with van der Waals surface area (Å²) in [5.74, 6) is 0. The molecule has 1 aromatic rings. The van der Waals surface area contributed by atoms with Gasteiger partial charge < -0.3 is 15.7 Å². The molecule has 0 spiro atoms. The lowest BCUT2D eigenvalue weighted by molar-refractivity contribution is 0.119. The van der Waals surface area contributed by atoms with Crippen LogP contribution in [0.4, 0.5) is 5.69 Å². The van der Waals surface area contributed by atoms with Crippen molar-refractivity contribution in [3.63, 3.8) is 0 Å². The lowest BCUT2D eigenvalue weighted by atomic mass is 9.89. The van der Waals surface area contributed by atoms with E-state index in [0.717, 1.165) is 18.7 Å². The first-order valence-electron chi connectivity index (χ1n) is 6.57. The van der Waals surface area contributed by atoms with Crippen molar-refractivity contribution < 1.29 is 5.11 Å². The third kappa shape index (κ3) is 5.52. The SMILES string of the molecule is CNc1ccccc1CNCC(O)CC(C)(C)C. The van der Waals surface area contributed by atoms with Crippen molar-refractivity contribution in [2.24, 2.45) is 5.41 Å². The van der Waals surface area contributed by atoms with Crippen LogP contribution >= 0.6 is 0 Å². The Morgan fingerprint density at radius 3 is 2.50 bits per heavy atom. The minimum absolute atomic E-state index is 0.171. The maximum Gasteiger partial charge on any atom is 0.0669 e. The zero-order valence-corrected chi connectivity index (χ0v) is 12.0. The number of aliphatic hydroxyl groups is 1. The highest BCUT2D eigenvalue weighted by Crippen LogP contribution is 2.20.